The van der Waals surface area contributed by atoms with Crippen molar-refractivity contribution in [2.75, 3.05) is 44.9 Å². The lowest BCUT2D eigenvalue weighted by molar-refractivity contribution is -0.255. The Morgan fingerprint density at radius 2 is 1.85 bits per heavy atom. The molecule has 10 heteroatoms. The number of methoxy groups -OCH3 is 1. The molecule has 8 nitrogen and oxygen atoms in total. The van der Waals surface area contributed by atoms with Gasteiger partial charge in [0, 0.05) is 47.4 Å². The maximum atomic E-state index is 13.9. The number of amides is 1. The molecule has 7 rings (SSSR count). The van der Waals surface area contributed by atoms with E-state index in [9.17, 15) is 9.00 Å². The lowest BCUT2D eigenvalue weighted by atomic mass is 9.64. The Morgan fingerprint density at radius 3 is 2.60 bits per heavy atom. The van der Waals surface area contributed by atoms with Crippen LogP contribution in [-0.4, -0.2) is 73.7 Å². The summed E-state index contributed by atoms with van der Waals surface area (Å²) in [4.78, 5) is 16.2. The number of ether oxygens (including phenoxy) is 4. The van der Waals surface area contributed by atoms with Crippen LogP contribution in [0.1, 0.15) is 80.3 Å². The van der Waals surface area contributed by atoms with Crippen LogP contribution in [0.3, 0.4) is 0 Å². The molecule has 0 radical (unpaired) electrons. The van der Waals surface area contributed by atoms with Gasteiger partial charge in [0.15, 0.2) is 6.29 Å². The Kier molecular flexibility index (Phi) is 9.81. The third-order valence-corrected chi connectivity index (χ3v) is 14.7. The number of rotatable bonds is 2. The second-order valence-corrected chi connectivity index (χ2v) is 18.0. The number of hydrogen-bond donors (Lipinski definition) is 1. The fraction of sp³-hybridized carbons (Fsp3) is 0.632. The molecule has 3 heterocycles. The number of benzene rings is 2. The first kappa shape index (κ1) is 34.2. The molecule has 1 spiro atoms. The van der Waals surface area contributed by atoms with E-state index in [0.717, 1.165) is 80.9 Å². The molecule has 1 saturated heterocycles. The maximum Gasteiger partial charge on any atom is 0.262 e. The minimum atomic E-state index is -2.91. The molecule has 1 saturated carbocycles. The van der Waals surface area contributed by atoms with Crippen LogP contribution in [0.25, 0.3) is 0 Å². The van der Waals surface area contributed by atoms with Gasteiger partial charge in [0.05, 0.1) is 35.2 Å². The van der Waals surface area contributed by atoms with E-state index >= 15 is 0 Å². The summed E-state index contributed by atoms with van der Waals surface area (Å²) in [5.41, 5.74) is 3.79. The molecule has 5 aliphatic rings. The summed E-state index contributed by atoms with van der Waals surface area (Å²) in [6.07, 6.45) is 7.87. The van der Waals surface area contributed by atoms with Crippen molar-refractivity contribution in [3.8, 4) is 5.75 Å². The Hall–Kier alpha value is -2.30. The van der Waals surface area contributed by atoms with E-state index in [0.29, 0.717) is 37.2 Å². The first-order valence-corrected chi connectivity index (χ1v) is 20.0. The van der Waals surface area contributed by atoms with Crippen molar-refractivity contribution in [2.24, 2.45) is 23.7 Å². The normalized spacial score (nSPS) is 37.3. The van der Waals surface area contributed by atoms with Crippen molar-refractivity contribution >= 4 is 38.8 Å². The number of hydrogen-bond acceptors (Lipinski definition) is 7. The van der Waals surface area contributed by atoms with Crippen LogP contribution in [0.2, 0.25) is 5.02 Å². The number of aryl methyl sites for hydroxylation is 1. The van der Waals surface area contributed by atoms with Crippen LogP contribution < -0.4 is 14.4 Å². The molecule has 2 fully saturated rings. The summed E-state index contributed by atoms with van der Waals surface area (Å²) in [5.74, 6) is 5.72. The fourth-order valence-electron chi connectivity index (χ4n) is 8.95. The Bertz CT molecular complexity index is 1610. The van der Waals surface area contributed by atoms with Crippen molar-refractivity contribution < 1.29 is 28.0 Å². The standard InChI is InChI=1S/C38H51ClN2O6S/c1-24-7-5-9-32(37-45-20-30(44-3)21-46-37)31-13-10-28(31)19-41-22-38(16-6-8-26-17-29(39)12-14-33(26)38)23-47-35-15-11-27(18-34(35)41)36(42)40-48(4,43)25(24)2/h11-12,14-15,17-18,24-25,28,30-32,37H,4-10,13,16,19-23H2,1-3H3,(H,40,42,43)/t24-,25+,28-,30?,31+,32-,37?,38-,48?/m0/s1. The molecule has 2 aromatic rings. The molecule has 1 N–H and O–H groups in total. The first-order chi connectivity index (χ1) is 23.1. The largest absolute Gasteiger partial charge is 0.490 e. The number of carbonyl (C=O) groups excluding carboxylic acids is 1. The molecule has 0 aromatic heterocycles. The summed E-state index contributed by atoms with van der Waals surface area (Å²) in [6, 6.07) is 12.0. The zero-order valence-corrected chi connectivity index (χ0v) is 30.2. The third-order valence-electron chi connectivity index (χ3n) is 12.2. The Morgan fingerprint density at radius 1 is 1.04 bits per heavy atom. The highest BCUT2D eigenvalue weighted by Gasteiger charge is 2.46. The van der Waals surface area contributed by atoms with E-state index in [1.165, 1.54) is 11.1 Å². The van der Waals surface area contributed by atoms with Crippen molar-refractivity contribution in [3.05, 3.63) is 58.1 Å². The van der Waals surface area contributed by atoms with Gasteiger partial charge >= 0.3 is 0 Å². The minimum absolute atomic E-state index is 0.0434. The van der Waals surface area contributed by atoms with E-state index < -0.39 is 9.71 Å². The maximum absolute atomic E-state index is 13.9. The average molecular weight is 699 g/mol. The summed E-state index contributed by atoms with van der Waals surface area (Å²) in [5, 5.41) is 0.483. The van der Waals surface area contributed by atoms with Crippen LogP contribution in [0.5, 0.6) is 5.75 Å². The molecule has 2 aromatic carbocycles. The van der Waals surface area contributed by atoms with E-state index in [4.69, 9.17) is 30.5 Å². The van der Waals surface area contributed by atoms with E-state index in [-0.39, 0.29) is 40.8 Å². The summed E-state index contributed by atoms with van der Waals surface area (Å²) >= 11 is 6.48. The third kappa shape index (κ3) is 6.62. The second-order valence-electron chi connectivity index (χ2n) is 15.1. The molecule has 2 bridgehead atoms. The highest BCUT2D eigenvalue weighted by molar-refractivity contribution is 7.99. The first-order valence-electron chi connectivity index (χ1n) is 17.8. The number of anilines is 1. The van der Waals surface area contributed by atoms with Gasteiger partial charge in [-0.15, -0.1) is 0 Å². The van der Waals surface area contributed by atoms with Crippen molar-refractivity contribution in [1.29, 1.82) is 0 Å². The molecular weight excluding hydrogens is 648 g/mol. The second kappa shape index (κ2) is 13.8. The number of halogens is 1. The van der Waals surface area contributed by atoms with Gasteiger partial charge in [0.2, 0.25) is 0 Å². The van der Waals surface area contributed by atoms with Crippen LogP contribution >= 0.6 is 11.6 Å². The molecule has 7 atom stereocenters. The van der Waals surface area contributed by atoms with Gasteiger partial charge in [-0.3, -0.25) is 9.52 Å². The predicted octanol–water partition coefficient (Wildman–Crippen LogP) is 6.41. The SMILES string of the molecule is C=S1(=O)NC(=O)c2ccc3c(c2)N(C[C@@H]2CC[C@H]2[C@@H](C2OCC(OC)CO2)CCC[C@H](C)[C@H]1C)C[C@@]1(CCCc2cc(Cl)ccc21)CO3. The topological polar surface area (TPSA) is 86.3 Å². The molecule has 1 amide bonds. The highest BCUT2D eigenvalue weighted by Crippen LogP contribution is 2.49. The van der Waals surface area contributed by atoms with Crippen molar-refractivity contribution in [3.63, 3.8) is 0 Å². The number of nitrogens with zero attached hydrogens (tertiary/aromatic N) is 1. The van der Waals surface area contributed by atoms with Gasteiger partial charge in [-0.05, 0) is 117 Å². The van der Waals surface area contributed by atoms with Gasteiger partial charge in [-0.1, -0.05) is 31.0 Å². The number of fused-ring (bicyclic) bond motifs is 4. The van der Waals surface area contributed by atoms with Gasteiger partial charge in [0.1, 0.15) is 11.9 Å². The van der Waals surface area contributed by atoms with Crippen molar-refractivity contribution in [1.82, 2.24) is 4.72 Å². The van der Waals surface area contributed by atoms with E-state index in [1.807, 2.05) is 25.1 Å². The van der Waals surface area contributed by atoms with Gasteiger partial charge in [0.25, 0.3) is 5.91 Å². The number of nitrogens with one attached hydrogen (secondary N) is 1. The molecule has 48 heavy (non-hydrogen) atoms. The highest BCUT2D eigenvalue weighted by atomic mass is 35.5. The fourth-order valence-corrected chi connectivity index (χ4v) is 10.7. The monoisotopic (exact) mass is 698 g/mol. The molecule has 262 valence electrons. The predicted molar refractivity (Wildman–Crippen MR) is 192 cm³/mol. The van der Waals surface area contributed by atoms with Crippen LogP contribution in [0.15, 0.2) is 36.4 Å². The van der Waals surface area contributed by atoms with Crippen LogP contribution in [0, 0.1) is 23.7 Å². The van der Waals surface area contributed by atoms with Gasteiger partial charge in [-0.2, -0.15) is 0 Å². The quantitative estimate of drug-likeness (QED) is 0.363. The average Bonchev–Trinajstić information content (AvgIpc) is 3.21. The smallest absolute Gasteiger partial charge is 0.262 e. The Balaban J connectivity index is 1.27. The number of carbonyl (C=O) groups is 1. The summed E-state index contributed by atoms with van der Waals surface area (Å²) in [6.45, 7) is 7.32. The lowest BCUT2D eigenvalue weighted by Gasteiger charge is -2.48. The van der Waals surface area contributed by atoms with Crippen molar-refractivity contribution in [2.45, 2.75) is 88.3 Å². The van der Waals surface area contributed by atoms with Crippen LogP contribution in [-0.2, 0) is 35.8 Å². The van der Waals surface area contributed by atoms with Gasteiger partial charge in [-0.25, -0.2) is 4.21 Å². The zero-order valence-electron chi connectivity index (χ0n) is 28.6. The molecule has 2 aliphatic carbocycles. The van der Waals surface area contributed by atoms with Gasteiger partial charge < -0.3 is 23.8 Å². The molecule has 1 unspecified atom stereocenters. The van der Waals surface area contributed by atoms with Crippen LogP contribution in [0.4, 0.5) is 5.69 Å². The van der Waals surface area contributed by atoms with E-state index in [1.54, 1.807) is 13.2 Å². The Labute approximate surface area is 291 Å². The summed E-state index contributed by atoms with van der Waals surface area (Å²) < 4.78 is 41.7. The zero-order chi connectivity index (χ0) is 33.6. The molecule has 3 aliphatic heterocycles. The van der Waals surface area contributed by atoms with E-state index in [2.05, 4.69) is 34.5 Å². The minimum Gasteiger partial charge on any atom is -0.490 e. The summed E-state index contributed by atoms with van der Waals surface area (Å²) in [7, 11) is -1.20. The lowest BCUT2D eigenvalue weighted by Crippen LogP contribution is -2.51. The molecular formula is C38H51ClN2O6S.